The summed E-state index contributed by atoms with van der Waals surface area (Å²) in [6.45, 7) is 3.39. The van der Waals surface area contributed by atoms with Crippen molar-refractivity contribution in [2.75, 3.05) is 16.4 Å². The second-order valence-corrected chi connectivity index (χ2v) is 8.83. The van der Waals surface area contributed by atoms with Gasteiger partial charge in [-0.25, -0.2) is 15.0 Å². The topological polar surface area (TPSA) is 96.9 Å². The molecule has 0 aliphatic heterocycles. The standard InChI is InChI=1S/C22H19N5O2S2/c1-13(28)23-16-8-10-17(11-9-16)25-18(29)12-30-22-26-19(15-6-4-3-5-7-15)20-21(27-22)31-14(2)24-20/h3-11H,12H2,1-2H3,(H,23,28)(H,25,29). The molecule has 2 amide bonds. The van der Waals surface area contributed by atoms with E-state index < -0.39 is 0 Å². The van der Waals surface area contributed by atoms with Gasteiger partial charge in [-0.1, -0.05) is 53.4 Å². The summed E-state index contributed by atoms with van der Waals surface area (Å²) in [6.07, 6.45) is 0. The van der Waals surface area contributed by atoms with Gasteiger partial charge in [-0.05, 0) is 31.2 Å². The number of fused-ring (bicyclic) bond motifs is 1. The first kappa shape index (κ1) is 21.0. The molecule has 4 rings (SSSR count). The highest BCUT2D eigenvalue weighted by atomic mass is 32.2. The van der Waals surface area contributed by atoms with Crippen LogP contribution in [0.1, 0.15) is 11.9 Å². The molecule has 0 saturated carbocycles. The van der Waals surface area contributed by atoms with E-state index in [1.165, 1.54) is 30.0 Å². The Labute approximate surface area is 187 Å². The minimum Gasteiger partial charge on any atom is -0.326 e. The summed E-state index contributed by atoms with van der Waals surface area (Å²) in [6, 6.07) is 16.8. The van der Waals surface area contributed by atoms with Crippen molar-refractivity contribution >= 4 is 56.6 Å². The van der Waals surface area contributed by atoms with Crippen molar-refractivity contribution in [3.63, 3.8) is 0 Å². The molecular formula is C22H19N5O2S2. The van der Waals surface area contributed by atoms with Crippen LogP contribution >= 0.6 is 23.1 Å². The van der Waals surface area contributed by atoms with Crippen molar-refractivity contribution in [3.8, 4) is 11.3 Å². The number of amides is 2. The molecule has 0 aliphatic carbocycles. The van der Waals surface area contributed by atoms with Gasteiger partial charge in [0.25, 0.3) is 0 Å². The maximum atomic E-state index is 12.4. The van der Waals surface area contributed by atoms with Crippen molar-refractivity contribution in [1.29, 1.82) is 0 Å². The number of aromatic nitrogens is 3. The Morgan fingerprint density at radius 2 is 1.61 bits per heavy atom. The minimum atomic E-state index is -0.164. The lowest BCUT2D eigenvalue weighted by atomic mass is 10.1. The highest BCUT2D eigenvalue weighted by Gasteiger charge is 2.15. The summed E-state index contributed by atoms with van der Waals surface area (Å²) < 4.78 is 0. The fourth-order valence-corrected chi connectivity index (χ4v) is 4.43. The van der Waals surface area contributed by atoms with Crippen LogP contribution in [0.2, 0.25) is 0 Å². The van der Waals surface area contributed by atoms with Crippen LogP contribution < -0.4 is 10.6 Å². The highest BCUT2D eigenvalue weighted by molar-refractivity contribution is 7.99. The molecule has 0 spiro atoms. The average molecular weight is 450 g/mol. The lowest BCUT2D eigenvalue weighted by molar-refractivity contribution is -0.114. The van der Waals surface area contributed by atoms with Crippen LogP contribution in [0.15, 0.2) is 59.8 Å². The Kier molecular flexibility index (Phi) is 6.24. The van der Waals surface area contributed by atoms with E-state index in [2.05, 4.69) is 25.6 Å². The lowest BCUT2D eigenvalue weighted by Crippen LogP contribution is -2.14. The summed E-state index contributed by atoms with van der Waals surface area (Å²) in [5.74, 6) is -0.135. The van der Waals surface area contributed by atoms with Crippen LogP contribution in [0.3, 0.4) is 0 Å². The van der Waals surface area contributed by atoms with Crippen molar-refractivity contribution in [1.82, 2.24) is 15.0 Å². The first-order valence-corrected chi connectivity index (χ1v) is 11.3. The summed E-state index contributed by atoms with van der Waals surface area (Å²) in [5, 5.41) is 6.99. The first-order valence-electron chi connectivity index (χ1n) is 9.49. The maximum absolute atomic E-state index is 12.4. The SMILES string of the molecule is CC(=O)Nc1ccc(NC(=O)CSc2nc(-c3ccccc3)c3nc(C)sc3n2)cc1. The molecule has 2 aromatic heterocycles. The van der Waals surface area contributed by atoms with E-state index in [4.69, 9.17) is 0 Å². The van der Waals surface area contributed by atoms with Gasteiger partial charge < -0.3 is 10.6 Å². The molecular weight excluding hydrogens is 430 g/mol. The van der Waals surface area contributed by atoms with Crippen molar-refractivity contribution in [3.05, 3.63) is 59.6 Å². The van der Waals surface area contributed by atoms with Gasteiger partial charge in [0.2, 0.25) is 11.8 Å². The molecule has 0 fully saturated rings. The van der Waals surface area contributed by atoms with Gasteiger partial charge in [-0.2, -0.15) is 0 Å². The van der Waals surface area contributed by atoms with E-state index in [1.54, 1.807) is 24.3 Å². The number of hydrogen-bond acceptors (Lipinski definition) is 7. The van der Waals surface area contributed by atoms with Crippen LogP contribution in [0.4, 0.5) is 11.4 Å². The Morgan fingerprint density at radius 1 is 0.935 bits per heavy atom. The van der Waals surface area contributed by atoms with Gasteiger partial charge in [0.05, 0.1) is 10.8 Å². The summed E-state index contributed by atoms with van der Waals surface area (Å²) in [4.78, 5) is 38.2. The van der Waals surface area contributed by atoms with E-state index in [0.717, 1.165) is 26.6 Å². The van der Waals surface area contributed by atoms with Crippen molar-refractivity contribution < 1.29 is 9.59 Å². The van der Waals surface area contributed by atoms with Crippen molar-refractivity contribution in [2.45, 2.75) is 19.0 Å². The van der Waals surface area contributed by atoms with Gasteiger partial charge in [-0.15, -0.1) is 0 Å². The monoisotopic (exact) mass is 449 g/mol. The van der Waals surface area contributed by atoms with Gasteiger partial charge >= 0.3 is 0 Å². The maximum Gasteiger partial charge on any atom is 0.234 e. The van der Waals surface area contributed by atoms with Gasteiger partial charge in [0, 0.05) is 23.9 Å². The number of carbonyl (C=O) groups is 2. The second-order valence-electron chi connectivity index (χ2n) is 6.70. The number of aryl methyl sites for hydroxylation is 1. The fraction of sp³-hybridized carbons (Fsp3) is 0.136. The van der Waals surface area contributed by atoms with E-state index in [1.807, 2.05) is 37.3 Å². The van der Waals surface area contributed by atoms with Crippen LogP contribution in [0, 0.1) is 6.92 Å². The molecule has 2 heterocycles. The predicted octanol–water partition coefficient (Wildman–Crippen LogP) is 4.75. The minimum absolute atomic E-state index is 0.142. The largest absolute Gasteiger partial charge is 0.326 e. The molecule has 7 nitrogen and oxygen atoms in total. The molecule has 0 aliphatic rings. The van der Waals surface area contributed by atoms with E-state index in [0.29, 0.717) is 16.5 Å². The molecule has 31 heavy (non-hydrogen) atoms. The molecule has 9 heteroatoms. The van der Waals surface area contributed by atoms with Gasteiger partial charge in [0.1, 0.15) is 16.0 Å². The first-order chi connectivity index (χ1) is 15.0. The van der Waals surface area contributed by atoms with Gasteiger partial charge in [0.15, 0.2) is 5.16 Å². The Balaban J connectivity index is 1.47. The normalized spacial score (nSPS) is 10.8. The number of nitrogens with zero attached hydrogens (tertiary/aromatic N) is 3. The molecule has 2 N–H and O–H groups in total. The third-order valence-corrected chi connectivity index (χ3v) is 5.93. The summed E-state index contributed by atoms with van der Waals surface area (Å²) in [5.41, 5.74) is 3.84. The number of anilines is 2. The van der Waals surface area contributed by atoms with E-state index in [9.17, 15) is 9.59 Å². The van der Waals surface area contributed by atoms with Gasteiger partial charge in [-0.3, -0.25) is 9.59 Å². The van der Waals surface area contributed by atoms with Crippen LogP contribution in [-0.4, -0.2) is 32.5 Å². The van der Waals surface area contributed by atoms with Crippen molar-refractivity contribution in [2.24, 2.45) is 0 Å². The number of carbonyl (C=O) groups excluding carboxylic acids is 2. The Bertz CT molecular complexity index is 1240. The molecule has 0 saturated heterocycles. The van der Waals surface area contributed by atoms with E-state index in [-0.39, 0.29) is 17.6 Å². The molecule has 4 aromatic rings. The smallest absolute Gasteiger partial charge is 0.234 e. The van der Waals surface area contributed by atoms with Crippen LogP contribution in [-0.2, 0) is 9.59 Å². The zero-order chi connectivity index (χ0) is 21.8. The molecule has 0 atom stereocenters. The highest BCUT2D eigenvalue weighted by Crippen LogP contribution is 2.31. The number of thiazole rings is 1. The lowest BCUT2D eigenvalue weighted by Gasteiger charge is -2.07. The number of nitrogens with one attached hydrogen (secondary N) is 2. The quantitative estimate of drug-likeness (QED) is 0.326. The third-order valence-electron chi connectivity index (χ3n) is 4.21. The molecule has 0 bridgehead atoms. The van der Waals surface area contributed by atoms with E-state index >= 15 is 0 Å². The summed E-state index contributed by atoms with van der Waals surface area (Å²) in [7, 11) is 0. The predicted molar refractivity (Wildman–Crippen MR) is 125 cm³/mol. The number of benzene rings is 2. The van der Waals surface area contributed by atoms with Crippen LogP contribution in [0.25, 0.3) is 21.6 Å². The molecule has 0 radical (unpaired) electrons. The molecule has 156 valence electrons. The van der Waals surface area contributed by atoms with Crippen LogP contribution in [0.5, 0.6) is 0 Å². The fourth-order valence-electron chi connectivity index (χ4n) is 2.94. The zero-order valence-corrected chi connectivity index (χ0v) is 18.5. The number of hydrogen-bond donors (Lipinski definition) is 2. The second kappa shape index (κ2) is 9.23. The summed E-state index contributed by atoms with van der Waals surface area (Å²) >= 11 is 2.79. The molecule has 0 unspecified atom stereocenters. The third kappa shape index (κ3) is 5.25. The number of thioether (sulfide) groups is 1. The molecule has 2 aromatic carbocycles. The Morgan fingerprint density at radius 3 is 2.29 bits per heavy atom. The Hall–Kier alpha value is -3.30. The number of rotatable bonds is 6. The zero-order valence-electron chi connectivity index (χ0n) is 16.9. The average Bonchev–Trinajstić information content (AvgIpc) is 3.13.